The SMILES string of the molecule is CC1CCN(C(=O)C(C)Nc2ccc3c(c2)NC(=O)C(C)O3)CC1. The molecule has 6 nitrogen and oxygen atoms in total. The van der Waals surface area contributed by atoms with E-state index in [0.29, 0.717) is 17.4 Å². The summed E-state index contributed by atoms with van der Waals surface area (Å²) in [6.07, 6.45) is 1.65. The molecule has 1 saturated heterocycles. The third kappa shape index (κ3) is 3.47. The highest BCUT2D eigenvalue weighted by Crippen LogP contribution is 2.32. The second kappa shape index (κ2) is 6.71. The van der Waals surface area contributed by atoms with Crippen molar-refractivity contribution >= 4 is 23.2 Å². The van der Waals surface area contributed by atoms with E-state index in [1.807, 2.05) is 24.0 Å². The molecule has 1 aromatic rings. The first-order chi connectivity index (χ1) is 11.4. The summed E-state index contributed by atoms with van der Waals surface area (Å²) >= 11 is 0. The maximum absolute atomic E-state index is 12.6. The van der Waals surface area contributed by atoms with Crippen LogP contribution in [-0.4, -0.2) is 41.9 Å². The molecule has 0 aliphatic carbocycles. The van der Waals surface area contributed by atoms with Crippen LogP contribution >= 0.6 is 0 Å². The van der Waals surface area contributed by atoms with Gasteiger partial charge in [0.25, 0.3) is 5.91 Å². The number of hydrogen-bond donors (Lipinski definition) is 2. The normalized spacial score (nSPS) is 22.2. The molecule has 0 spiro atoms. The molecule has 0 bridgehead atoms. The molecule has 2 aliphatic heterocycles. The Balaban J connectivity index is 1.64. The van der Waals surface area contributed by atoms with Gasteiger partial charge in [-0.15, -0.1) is 0 Å². The maximum atomic E-state index is 12.6. The number of nitrogens with zero attached hydrogens (tertiary/aromatic N) is 1. The third-order valence-corrected chi connectivity index (χ3v) is 4.76. The number of fused-ring (bicyclic) bond motifs is 1. The molecule has 1 fully saturated rings. The van der Waals surface area contributed by atoms with Crippen molar-refractivity contribution in [3.63, 3.8) is 0 Å². The second-order valence-electron chi connectivity index (χ2n) is 6.83. The first-order valence-electron chi connectivity index (χ1n) is 8.61. The van der Waals surface area contributed by atoms with Gasteiger partial charge in [-0.2, -0.15) is 0 Å². The van der Waals surface area contributed by atoms with Gasteiger partial charge in [0, 0.05) is 18.8 Å². The minimum Gasteiger partial charge on any atom is -0.479 e. The smallest absolute Gasteiger partial charge is 0.265 e. The summed E-state index contributed by atoms with van der Waals surface area (Å²) in [6, 6.07) is 5.18. The Morgan fingerprint density at radius 1 is 1.33 bits per heavy atom. The average Bonchev–Trinajstić information content (AvgIpc) is 2.56. The molecule has 6 heteroatoms. The lowest BCUT2D eigenvalue weighted by Crippen LogP contribution is -2.45. The van der Waals surface area contributed by atoms with Gasteiger partial charge >= 0.3 is 0 Å². The third-order valence-electron chi connectivity index (χ3n) is 4.76. The molecule has 1 aromatic carbocycles. The fourth-order valence-electron chi connectivity index (χ4n) is 3.11. The zero-order valence-corrected chi connectivity index (χ0v) is 14.5. The van der Waals surface area contributed by atoms with Gasteiger partial charge in [0.05, 0.1) is 5.69 Å². The monoisotopic (exact) mass is 331 g/mol. The molecule has 3 rings (SSSR count). The molecule has 0 saturated carbocycles. The number of benzene rings is 1. The van der Waals surface area contributed by atoms with E-state index in [0.717, 1.165) is 31.6 Å². The number of carbonyl (C=O) groups is 2. The van der Waals surface area contributed by atoms with Gasteiger partial charge in [-0.3, -0.25) is 9.59 Å². The van der Waals surface area contributed by atoms with Crippen LogP contribution in [0.2, 0.25) is 0 Å². The lowest BCUT2D eigenvalue weighted by Gasteiger charge is -2.32. The summed E-state index contributed by atoms with van der Waals surface area (Å²) in [5.74, 6) is 1.31. The van der Waals surface area contributed by atoms with Crippen molar-refractivity contribution < 1.29 is 14.3 Å². The Kier molecular flexibility index (Phi) is 4.64. The van der Waals surface area contributed by atoms with E-state index in [2.05, 4.69) is 17.6 Å². The Morgan fingerprint density at radius 2 is 2.04 bits per heavy atom. The van der Waals surface area contributed by atoms with Crippen LogP contribution in [0.5, 0.6) is 5.75 Å². The van der Waals surface area contributed by atoms with Crippen molar-refractivity contribution in [3.05, 3.63) is 18.2 Å². The van der Waals surface area contributed by atoms with Crippen LogP contribution in [-0.2, 0) is 9.59 Å². The molecule has 0 radical (unpaired) electrons. The van der Waals surface area contributed by atoms with Crippen molar-refractivity contribution in [2.45, 2.75) is 45.8 Å². The Labute approximate surface area is 142 Å². The molecule has 130 valence electrons. The zero-order chi connectivity index (χ0) is 17.3. The van der Waals surface area contributed by atoms with E-state index in [1.165, 1.54) is 0 Å². The first-order valence-corrected chi connectivity index (χ1v) is 8.61. The number of likely N-dealkylation sites (tertiary alicyclic amines) is 1. The summed E-state index contributed by atoms with van der Waals surface area (Å²) in [5, 5.41) is 6.05. The van der Waals surface area contributed by atoms with E-state index >= 15 is 0 Å². The summed E-state index contributed by atoms with van der Waals surface area (Å²) < 4.78 is 5.54. The second-order valence-corrected chi connectivity index (χ2v) is 6.83. The molecule has 2 heterocycles. The highest BCUT2D eigenvalue weighted by molar-refractivity contribution is 5.98. The lowest BCUT2D eigenvalue weighted by atomic mass is 9.99. The predicted octanol–water partition coefficient (Wildman–Crippen LogP) is 2.46. The largest absolute Gasteiger partial charge is 0.479 e. The van der Waals surface area contributed by atoms with Crippen molar-refractivity contribution in [2.24, 2.45) is 5.92 Å². The fraction of sp³-hybridized carbons (Fsp3) is 0.556. The minimum absolute atomic E-state index is 0.119. The van der Waals surface area contributed by atoms with Crippen LogP contribution in [0.1, 0.15) is 33.6 Å². The van der Waals surface area contributed by atoms with Gasteiger partial charge in [0.15, 0.2) is 6.10 Å². The number of nitrogens with one attached hydrogen (secondary N) is 2. The van der Waals surface area contributed by atoms with Crippen LogP contribution in [0.3, 0.4) is 0 Å². The number of amides is 2. The molecule has 24 heavy (non-hydrogen) atoms. The van der Waals surface area contributed by atoms with Crippen LogP contribution in [0.25, 0.3) is 0 Å². The highest BCUT2D eigenvalue weighted by atomic mass is 16.5. The zero-order valence-electron chi connectivity index (χ0n) is 14.5. The minimum atomic E-state index is -0.488. The van der Waals surface area contributed by atoms with Gasteiger partial charge in [0.1, 0.15) is 11.8 Å². The van der Waals surface area contributed by atoms with Crippen molar-refractivity contribution in [1.29, 1.82) is 0 Å². The molecule has 2 atom stereocenters. The van der Waals surface area contributed by atoms with Gasteiger partial charge in [-0.1, -0.05) is 6.92 Å². The number of hydrogen-bond acceptors (Lipinski definition) is 4. The fourth-order valence-corrected chi connectivity index (χ4v) is 3.11. The number of anilines is 2. The van der Waals surface area contributed by atoms with E-state index in [1.54, 1.807) is 13.0 Å². The molecule has 2 aliphatic rings. The average molecular weight is 331 g/mol. The van der Waals surface area contributed by atoms with Crippen molar-refractivity contribution in [2.75, 3.05) is 23.7 Å². The van der Waals surface area contributed by atoms with Crippen molar-refractivity contribution in [3.8, 4) is 5.75 Å². The molecular formula is C18H25N3O3. The number of ether oxygens (including phenoxy) is 1. The van der Waals surface area contributed by atoms with Gasteiger partial charge in [-0.25, -0.2) is 0 Å². The number of rotatable bonds is 3. The summed E-state index contributed by atoms with van der Waals surface area (Å²) in [5.41, 5.74) is 1.42. The number of piperidine rings is 1. The van der Waals surface area contributed by atoms with Crippen LogP contribution in [0, 0.1) is 5.92 Å². The number of carbonyl (C=O) groups excluding carboxylic acids is 2. The molecular weight excluding hydrogens is 306 g/mol. The summed E-state index contributed by atoms with van der Waals surface area (Å²) in [7, 11) is 0. The quantitative estimate of drug-likeness (QED) is 0.892. The van der Waals surface area contributed by atoms with E-state index in [-0.39, 0.29) is 17.9 Å². The Bertz CT molecular complexity index is 638. The van der Waals surface area contributed by atoms with Gasteiger partial charge in [-0.05, 0) is 50.8 Å². The molecule has 2 amide bonds. The van der Waals surface area contributed by atoms with Crippen molar-refractivity contribution in [1.82, 2.24) is 4.90 Å². The Morgan fingerprint density at radius 3 is 2.75 bits per heavy atom. The topological polar surface area (TPSA) is 70.7 Å². The summed E-state index contributed by atoms with van der Waals surface area (Å²) in [4.78, 5) is 26.2. The maximum Gasteiger partial charge on any atom is 0.265 e. The van der Waals surface area contributed by atoms with E-state index in [9.17, 15) is 9.59 Å². The predicted molar refractivity (Wildman–Crippen MR) is 93.2 cm³/mol. The van der Waals surface area contributed by atoms with Crippen LogP contribution in [0.15, 0.2) is 18.2 Å². The van der Waals surface area contributed by atoms with Gasteiger partial charge in [0.2, 0.25) is 5.91 Å². The Hall–Kier alpha value is -2.24. The van der Waals surface area contributed by atoms with E-state index in [4.69, 9.17) is 4.74 Å². The molecule has 2 N–H and O–H groups in total. The van der Waals surface area contributed by atoms with E-state index < -0.39 is 6.10 Å². The standard InChI is InChI=1S/C18H25N3O3/c1-11-6-8-21(9-7-11)18(23)12(2)19-14-4-5-16-15(10-14)20-17(22)13(3)24-16/h4-5,10-13,19H,6-9H2,1-3H3,(H,20,22). The lowest BCUT2D eigenvalue weighted by molar-refractivity contribution is -0.133. The molecule has 2 unspecified atom stereocenters. The van der Waals surface area contributed by atoms with Gasteiger partial charge < -0.3 is 20.3 Å². The van der Waals surface area contributed by atoms with Crippen LogP contribution in [0.4, 0.5) is 11.4 Å². The summed E-state index contributed by atoms with van der Waals surface area (Å²) in [6.45, 7) is 7.48. The highest BCUT2D eigenvalue weighted by Gasteiger charge is 2.26. The first kappa shape index (κ1) is 16.6. The van der Waals surface area contributed by atoms with Crippen LogP contribution < -0.4 is 15.4 Å². The molecule has 0 aromatic heterocycles.